The minimum atomic E-state index is -0.571. The van der Waals surface area contributed by atoms with Gasteiger partial charge in [-0.25, -0.2) is 0 Å². The fraction of sp³-hybridized carbons (Fsp3) is 0.400. The van der Waals surface area contributed by atoms with Gasteiger partial charge in [-0.05, 0) is 43.6 Å². The van der Waals surface area contributed by atoms with Crippen molar-refractivity contribution in [2.75, 3.05) is 23.5 Å². The van der Waals surface area contributed by atoms with Gasteiger partial charge in [-0.1, -0.05) is 0 Å². The van der Waals surface area contributed by atoms with Gasteiger partial charge in [-0.15, -0.1) is 5.23 Å². The predicted molar refractivity (Wildman–Crippen MR) is 67.2 cm³/mol. The third kappa shape index (κ3) is 3.29. The Morgan fingerprint density at radius 2 is 1.56 bits per heavy atom. The molecule has 0 saturated carbocycles. The van der Waals surface area contributed by atoms with Crippen LogP contribution in [-0.4, -0.2) is 23.5 Å². The van der Waals surface area contributed by atoms with Gasteiger partial charge in [-0.3, -0.25) is 10.4 Å². The third-order valence-electron chi connectivity index (χ3n) is 2.50. The lowest BCUT2D eigenvalue weighted by molar-refractivity contribution is 0.0287. The molecule has 1 aromatic carbocycles. The monoisotopic (exact) mass is 256 g/mol. The molecule has 8 nitrogen and oxygen atoms in total. The van der Waals surface area contributed by atoms with Gasteiger partial charge in [0.15, 0.2) is 0 Å². The zero-order chi connectivity index (χ0) is 13.7. The smallest absolute Gasteiger partial charge is 0.0998 e. The van der Waals surface area contributed by atoms with Gasteiger partial charge in [-0.2, -0.15) is 0 Å². The van der Waals surface area contributed by atoms with Crippen molar-refractivity contribution in [3.8, 4) is 0 Å². The summed E-state index contributed by atoms with van der Waals surface area (Å²) < 4.78 is 0. The van der Waals surface area contributed by atoms with Crippen LogP contribution in [0.15, 0.2) is 12.1 Å². The van der Waals surface area contributed by atoms with Crippen molar-refractivity contribution in [1.82, 2.24) is 0 Å². The first kappa shape index (κ1) is 14.6. The molecule has 0 aliphatic rings. The van der Waals surface area contributed by atoms with Gasteiger partial charge in [0, 0.05) is 11.3 Å². The fourth-order valence-electron chi connectivity index (χ4n) is 1.75. The van der Waals surface area contributed by atoms with E-state index >= 15 is 0 Å². The molecule has 18 heavy (non-hydrogen) atoms. The highest BCUT2D eigenvalue weighted by atomic mass is 16.8. The summed E-state index contributed by atoms with van der Waals surface area (Å²) >= 11 is 0. The number of nitrogens with zero attached hydrogens (tertiary/aromatic N) is 2. The standard InChI is InChI=1S/C10H16N4O4/c11-3-1-7-5-9(13(15)16)8(2-4-12)10(6-7)14(17)18/h5-6,15-16H,1-4,11-12H2/q-2. The molecule has 0 aliphatic heterocycles. The lowest BCUT2D eigenvalue weighted by Gasteiger charge is -2.40. The summed E-state index contributed by atoms with van der Waals surface area (Å²) in [6.45, 7) is 0.474. The Kier molecular flexibility index (Phi) is 5.28. The van der Waals surface area contributed by atoms with Crippen molar-refractivity contribution in [3.63, 3.8) is 0 Å². The Labute approximate surface area is 104 Å². The van der Waals surface area contributed by atoms with Gasteiger partial charge in [0.1, 0.15) is 0 Å². The van der Waals surface area contributed by atoms with Crippen molar-refractivity contribution in [3.05, 3.63) is 33.7 Å². The molecular formula is C10H16N4O4-2. The van der Waals surface area contributed by atoms with Crippen molar-refractivity contribution in [2.45, 2.75) is 12.8 Å². The summed E-state index contributed by atoms with van der Waals surface area (Å²) in [4.78, 5) is 0. The number of anilines is 2. The van der Waals surface area contributed by atoms with Crippen LogP contribution in [0, 0.1) is 10.4 Å². The molecule has 0 aromatic heterocycles. The van der Waals surface area contributed by atoms with Crippen LogP contribution in [0.25, 0.3) is 0 Å². The van der Waals surface area contributed by atoms with Gasteiger partial charge in [0.2, 0.25) is 0 Å². The van der Waals surface area contributed by atoms with E-state index in [9.17, 15) is 10.4 Å². The van der Waals surface area contributed by atoms with Crippen LogP contribution in [0.4, 0.5) is 11.4 Å². The van der Waals surface area contributed by atoms with E-state index in [1.54, 1.807) is 0 Å². The van der Waals surface area contributed by atoms with Crippen LogP contribution in [0.5, 0.6) is 0 Å². The molecule has 0 fully saturated rings. The Morgan fingerprint density at radius 3 is 2.00 bits per heavy atom. The number of rotatable bonds is 6. The maximum atomic E-state index is 11.0. The van der Waals surface area contributed by atoms with E-state index in [0.717, 1.165) is 0 Å². The molecule has 8 heteroatoms. The SMILES string of the molecule is NCCc1cc(N([O-])[O-])c(CCN)c(N(O)O)c1. The van der Waals surface area contributed by atoms with Crippen molar-refractivity contribution in [1.29, 1.82) is 0 Å². The maximum Gasteiger partial charge on any atom is 0.0998 e. The first-order valence-corrected chi connectivity index (χ1v) is 5.39. The molecule has 0 saturated heterocycles. The predicted octanol–water partition coefficient (Wildman–Crippen LogP) is 0.0758. The normalized spacial score (nSPS) is 10.6. The molecule has 6 N–H and O–H groups in total. The zero-order valence-electron chi connectivity index (χ0n) is 9.74. The second-order valence-electron chi connectivity index (χ2n) is 3.74. The van der Waals surface area contributed by atoms with E-state index in [1.165, 1.54) is 12.1 Å². The van der Waals surface area contributed by atoms with Crippen LogP contribution in [0.2, 0.25) is 0 Å². The molecule has 0 unspecified atom stereocenters. The molecule has 0 spiro atoms. The second kappa shape index (κ2) is 6.50. The van der Waals surface area contributed by atoms with Gasteiger partial charge in [0.25, 0.3) is 0 Å². The zero-order valence-corrected chi connectivity index (χ0v) is 9.74. The summed E-state index contributed by atoms with van der Waals surface area (Å²) in [6.07, 6.45) is 0.580. The van der Waals surface area contributed by atoms with Gasteiger partial charge >= 0.3 is 0 Å². The van der Waals surface area contributed by atoms with E-state index < -0.39 is 5.23 Å². The Morgan fingerprint density at radius 1 is 1.00 bits per heavy atom. The van der Waals surface area contributed by atoms with Crippen molar-refractivity contribution in [2.24, 2.45) is 11.5 Å². The van der Waals surface area contributed by atoms with Crippen molar-refractivity contribution < 1.29 is 10.4 Å². The molecular weight excluding hydrogens is 240 g/mol. The van der Waals surface area contributed by atoms with Crippen LogP contribution < -0.4 is 21.9 Å². The van der Waals surface area contributed by atoms with E-state index in [4.69, 9.17) is 21.9 Å². The first-order chi connectivity index (χ1) is 8.51. The molecule has 0 atom stereocenters. The molecule has 102 valence electrons. The van der Waals surface area contributed by atoms with Crippen LogP contribution in [-0.2, 0) is 12.8 Å². The fourth-order valence-corrected chi connectivity index (χ4v) is 1.75. The number of hydrogen-bond acceptors (Lipinski definition) is 8. The molecule has 1 aromatic rings. The summed E-state index contributed by atoms with van der Waals surface area (Å²) in [5, 5.41) is 39.5. The topological polar surface area (TPSA) is 145 Å². The molecule has 1 rings (SSSR count). The average Bonchev–Trinajstić information content (AvgIpc) is 2.30. The summed E-state index contributed by atoms with van der Waals surface area (Å²) in [5.41, 5.74) is 11.3. The Balaban J connectivity index is 3.34. The molecule has 0 aliphatic carbocycles. The van der Waals surface area contributed by atoms with Crippen LogP contribution in [0.3, 0.4) is 0 Å². The first-order valence-electron chi connectivity index (χ1n) is 5.39. The van der Waals surface area contributed by atoms with Gasteiger partial charge < -0.3 is 27.1 Å². The summed E-state index contributed by atoms with van der Waals surface area (Å²) in [7, 11) is 0. The minimum absolute atomic E-state index is 0.0434. The van der Waals surface area contributed by atoms with Crippen molar-refractivity contribution >= 4 is 11.4 Å². The summed E-state index contributed by atoms with van der Waals surface area (Å²) in [5.74, 6) is 0. The molecule has 0 amide bonds. The Hall–Kier alpha value is -1.42. The number of benzene rings is 1. The quantitative estimate of drug-likeness (QED) is 0.523. The highest BCUT2D eigenvalue weighted by Crippen LogP contribution is 2.31. The van der Waals surface area contributed by atoms with Crippen LogP contribution in [0.1, 0.15) is 11.1 Å². The second-order valence-corrected chi connectivity index (χ2v) is 3.74. The van der Waals surface area contributed by atoms with Gasteiger partial charge in [0.05, 0.1) is 5.69 Å². The lowest BCUT2D eigenvalue weighted by atomic mass is 10.0. The van der Waals surface area contributed by atoms with E-state index in [2.05, 4.69) is 0 Å². The van der Waals surface area contributed by atoms with E-state index in [-0.39, 0.29) is 35.1 Å². The molecule has 0 radical (unpaired) electrons. The average molecular weight is 256 g/mol. The number of hydrogen-bond donors (Lipinski definition) is 4. The maximum absolute atomic E-state index is 11.0. The van der Waals surface area contributed by atoms with E-state index in [0.29, 0.717) is 18.5 Å². The number of nitrogens with two attached hydrogens (primary N) is 2. The van der Waals surface area contributed by atoms with E-state index in [1.807, 2.05) is 0 Å². The van der Waals surface area contributed by atoms with Crippen LogP contribution >= 0.6 is 0 Å². The minimum Gasteiger partial charge on any atom is -0.769 e. The Bertz CT molecular complexity index is 368. The lowest BCUT2D eigenvalue weighted by Crippen LogP contribution is -2.19. The highest BCUT2D eigenvalue weighted by molar-refractivity contribution is 5.69. The molecule has 0 heterocycles. The largest absolute Gasteiger partial charge is 0.769 e. The molecule has 0 bridgehead atoms. The third-order valence-corrected chi connectivity index (χ3v) is 2.50. The summed E-state index contributed by atoms with van der Waals surface area (Å²) in [6, 6.07) is 2.83. The highest BCUT2D eigenvalue weighted by Gasteiger charge is 2.13.